The highest BCUT2D eigenvalue weighted by Crippen LogP contribution is 2.22. The van der Waals surface area contributed by atoms with Crippen molar-refractivity contribution < 1.29 is 9.47 Å². The second kappa shape index (κ2) is 6.26. The molecule has 0 saturated carbocycles. The summed E-state index contributed by atoms with van der Waals surface area (Å²) < 4.78 is 10.9. The summed E-state index contributed by atoms with van der Waals surface area (Å²) in [6.45, 7) is 0.459. The van der Waals surface area contributed by atoms with Crippen LogP contribution in [0.2, 0.25) is 0 Å². The molecule has 0 aromatic heterocycles. The lowest BCUT2D eigenvalue weighted by Gasteiger charge is -2.13. The zero-order valence-corrected chi connectivity index (χ0v) is 11.8. The Morgan fingerprint density at radius 2 is 0.955 bits per heavy atom. The number of hydrogen-bond donors (Lipinski definition) is 0. The largest absolute Gasteiger partial charge is 0.481 e. The van der Waals surface area contributed by atoms with Gasteiger partial charge in [-0.1, -0.05) is 60.7 Å². The molecule has 0 heterocycles. The number of benzene rings is 2. The van der Waals surface area contributed by atoms with Crippen LogP contribution in [0.3, 0.4) is 0 Å². The second-order valence-electron chi connectivity index (χ2n) is 4.87. The van der Waals surface area contributed by atoms with E-state index in [1.807, 2.05) is 60.7 Å². The Morgan fingerprint density at radius 3 is 1.32 bits per heavy atom. The summed E-state index contributed by atoms with van der Waals surface area (Å²) in [7, 11) is 0. The van der Waals surface area contributed by atoms with Gasteiger partial charge in [0, 0.05) is 0 Å². The summed E-state index contributed by atoms with van der Waals surface area (Å²) >= 11 is 0. The molecule has 3 aromatic carbocycles. The van der Waals surface area contributed by atoms with Crippen molar-refractivity contribution in [1.82, 2.24) is 0 Å². The lowest BCUT2D eigenvalue weighted by atomic mass is 10.2. The minimum atomic E-state index is -0.626. The monoisotopic (exact) mass is 294 g/mol. The van der Waals surface area contributed by atoms with Gasteiger partial charge in [-0.05, 0) is 11.1 Å². The van der Waals surface area contributed by atoms with E-state index in [0.29, 0.717) is 0 Å². The van der Waals surface area contributed by atoms with E-state index in [2.05, 4.69) is 0 Å². The Bertz CT molecular complexity index is 744. The molecule has 0 fully saturated rings. The molecule has 0 atom stereocenters. The fourth-order valence-electron chi connectivity index (χ4n) is 2.07. The first-order valence-corrected chi connectivity index (χ1v) is 6.92. The molecule has 0 radical (unpaired) electrons. The zero-order chi connectivity index (χ0) is 15.4. The first-order valence-electron chi connectivity index (χ1n) is 6.92. The minimum absolute atomic E-state index is 0.0183. The van der Waals surface area contributed by atoms with Gasteiger partial charge in [0.05, 0.1) is 0 Å². The normalized spacial score (nSPS) is 10.5. The lowest BCUT2D eigenvalue weighted by molar-refractivity contribution is 0.244. The summed E-state index contributed by atoms with van der Waals surface area (Å²) in [6, 6.07) is 18.9. The third-order valence-electron chi connectivity index (χ3n) is 3.28. The quantitative estimate of drug-likeness (QED) is 0.655. The number of ether oxygens (including phenoxy) is 2. The topological polar surface area (TPSA) is 52.6 Å². The van der Waals surface area contributed by atoms with Crippen LogP contribution in [0.5, 0.6) is 11.5 Å². The maximum absolute atomic E-state index is 11.6. The van der Waals surface area contributed by atoms with Crippen LogP contribution in [0.1, 0.15) is 11.1 Å². The summed E-state index contributed by atoms with van der Waals surface area (Å²) in [5, 5.41) is 0. The lowest BCUT2D eigenvalue weighted by Crippen LogP contribution is -2.34. The molecule has 4 heteroatoms. The molecule has 3 aromatic rings. The van der Waals surface area contributed by atoms with E-state index in [9.17, 15) is 9.59 Å². The maximum atomic E-state index is 11.6. The van der Waals surface area contributed by atoms with E-state index in [-0.39, 0.29) is 24.7 Å². The highest BCUT2D eigenvalue weighted by molar-refractivity contribution is 5.46. The van der Waals surface area contributed by atoms with Gasteiger partial charge in [-0.3, -0.25) is 9.59 Å². The Kier molecular flexibility index (Phi) is 4.01. The zero-order valence-electron chi connectivity index (χ0n) is 11.8. The van der Waals surface area contributed by atoms with Gasteiger partial charge in [0.15, 0.2) is 0 Å². The van der Waals surface area contributed by atoms with Crippen LogP contribution >= 0.6 is 0 Å². The molecule has 0 bridgehead atoms. The van der Waals surface area contributed by atoms with Crippen molar-refractivity contribution in [3.8, 4) is 11.5 Å². The molecule has 0 spiro atoms. The van der Waals surface area contributed by atoms with Gasteiger partial charge in [-0.25, -0.2) is 0 Å². The highest BCUT2D eigenvalue weighted by atomic mass is 16.5. The SMILES string of the molecule is O=c1c(OCc2ccccc2)c(OCc2ccccc2)c1=O. The number of hydrogen-bond acceptors (Lipinski definition) is 4. The van der Waals surface area contributed by atoms with Crippen molar-refractivity contribution in [1.29, 1.82) is 0 Å². The van der Waals surface area contributed by atoms with Gasteiger partial charge in [0.2, 0.25) is 11.5 Å². The highest BCUT2D eigenvalue weighted by Gasteiger charge is 2.24. The molecular formula is C18H14O4. The Morgan fingerprint density at radius 1 is 0.591 bits per heavy atom. The van der Waals surface area contributed by atoms with Gasteiger partial charge >= 0.3 is 0 Å². The first kappa shape index (κ1) is 14.1. The molecule has 0 aliphatic carbocycles. The van der Waals surface area contributed by atoms with Gasteiger partial charge in [-0.15, -0.1) is 0 Å². The maximum Gasteiger partial charge on any atom is 0.275 e. The second-order valence-corrected chi connectivity index (χ2v) is 4.87. The summed E-state index contributed by atoms with van der Waals surface area (Å²) in [6.07, 6.45) is 0. The third kappa shape index (κ3) is 2.91. The Hall–Kier alpha value is -2.88. The molecule has 22 heavy (non-hydrogen) atoms. The van der Waals surface area contributed by atoms with Crippen molar-refractivity contribution in [2.45, 2.75) is 13.2 Å². The molecule has 0 aliphatic heterocycles. The molecule has 0 saturated heterocycles. The van der Waals surface area contributed by atoms with Crippen molar-refractivity contribution in [2.75, 3.05) is 0 Å². The minimum Gasteiger partial charge on any atom is -0.481 e. The smallest absolute Gasteiger partial charge is 0.275 e. The number of rotatable bonds is 6. The van der Waals surface area contributed by atoms with Gasteiger partial charge in [-0.2, -0.15) is 0 Å². The molecular weight excluding hydrogens is 280 g/mol. The van der Waals surface area contributed by atoms with Crippen molar-refractivity contribution in [3.63, 3.8) is 0 Å². The average Bonchev–Trinajstić information content (AvgIpc) is 2.58. The van der Waals surface area contributed by atoms with Crippen LogP contribution in [-0.4, -0.2) is 0 Å². The van der Waals surface area contributed by atoms with Crippen molar-refractivity contribution in [2.24, 2.45) is 0 Å². The summed E-state index contributed by atoms with van der Waals surface area (Å²) in [5.41, 5.74) is 0.590. The molecule has 0 aliphatic rings. The van der Waals surface area contributed by atoms with E-state index in [0.717, 1.165) is 11.1 Å². The van der Waals surface area contributed by atoms with Gasteiger partial charge < -0.3 is 9.47 Å². The van der Waals surface area contributed by atoms with Crippen LogP contribution < -0.4 is 20.3 Å². The van der Waals surface area contributed by atoms with E-state index in [1.165, 1.54) is 0 Å². The van der Waals surface area contributed by atoms with E-state index in [1.54, 1.807) is 0 Å². The summed E-state index contributed by atoms with van der Waals surface area (Å²) in [5.74, 6) is 0.0366. The van der Waals surface area contributed by atoms with Crippen molar-refractivity contribution in [3.05, 3.63) is 92.2 Å². The fraction of sp³-hybridized carbons (Fsp3) is 0.111. The predicted molar refractivity (Wildman–Crippen MR) is 82.9 cm³/mol. The molecule has 0 N–H and O–H groups in total. The molecule has 3 rings (SSSR count). The van der Waals surface area contributed by atoms with Crippen LogP contribution in [0.15, 0.2) is 70.3 Å². The van der Waals surface area contributed by atoms with Crippen LogP contribution in [0, 0.1) is 0 Å². The Labute approximate surface area is 127 Å². The van der Waals surface area contributed by atoms with Crippen LogP contribution in [0.4, 0.5) is 0 Å². The van der Waals surface area contributed by atoms with Crippen molar-refractivity contribution >= 4 is 0 Å². The third-order valence-corrected chi connectivity index (χ3v) is 3.28. The van der Waals surface area contributed by atoms with Gasteiger partial charge in [0.25, 0.3) is 10.9 Å². The molecule has 0 unspecified atom stereocenters. The summed E-state index contributed by atoms with van der Waals surface area (Å²) in [4.78, 5) is 23.2. The van der Waals surface area contributed by atoms with E-state index in [4.69, 9.17) is 9.47 Å². The van der Waals surface area contributed by atoms with E-state index < -0.39 is 10.9 Å². The van der Waals surface area contributed by atoms with Gasteiger partial charge in [0.1, 0.15) is 13.2 Å². The molecule has 110 valence electrons. The van der Waals surface area contributed by atoms with Crippen LogP contribution in [0.25, 0.3) is 0 Å². The van der Waals surface area contributed by atoms with Crippen LogP contribution in [-0.2, 0) is 13.2 Å². The predicted octanol–water partition coefficient (Wildman–Crippen LogP) is 2.44. The van der Waals surface area contributed by atoms with E-state index >= 15 is 0 Å². The standard InChI is InChI=1S/C18H14O4/c19-15-16(20)18(22-12-14-9-5-2-6-10-14)17(15)21-11-13-7-3-1-4-8-13/h1-10H,11-12H2. The molecule has 0 amide bonds. The Balaban J connectivity index is 1.67. The molecule has 4 nitrogen and oxygen atoms in total. The fourth-order valence-corrected chi connectivity index (χ4v) is 2.07. The average molecular weight is 294 g/mol. The first-order chi connectivity index (χ1) is 10.8.